The highest BCUT2D eigenvalue weighted by atomic mass is 16.5. The number of hydrogen-bond donors (Lipinski definition) is 3. The van der Waals surface area contributed by atoms with Crippen LogP contribution in [-0.4, -0.2) is 45.8 Å². The summed E-state index contributed by atoms with van der Waals surface area (Å²) in [6, 6.07) is 3.58. The van der Waals surface area contributed by atoms with Crippen molar-refractivity contribution < 1.29 is 19.1 Å². The van der Waals surface area contributed by atoms with Gasteiger partial charge in [0.05, 0.1) is 35.2 Å². The molecule has 0 aromatic carbocycles. The summed E-state index contributed by atoms with van der Waals surface area (Å²) in [5, 5.41) is 11.5. The molecule has 0 aliphatic heterocycles. The van der Waals surface area contributed by atoms with Crippen LogP contribution in [0.25, 0.3) is 22.2 Å². The molecular formula is C24H23N5O4. The van der Waals surface area contributed by atoms with E-state index in [0.29, 0.717) is 39.4 Å². The third-order valence-electron chi connectivity index (χ3n) is 5.72. The summed E-state index contributed by atoms with van der Waals surface area (Å²) in [6.07, 6.45) is 8.19. The molecule has 3 aromatic heterocycles. The fourth-order valence-corrected chi connectivity index (χ4v) is 3.54. The Morgan fingerprint density at radius 2 is 2.00 bits per heavy atom. The molecule has 0 radical (unpaired) electrons. The number of pyridine rings is 2. The number of nitrogens with zero attached hydrogens (tertiary/aromatic N) is 2. The molecule has 5 rings (SSSR count). The van der Waals surface area contributed by atoms with Gasteiger partial charge < -0.3 is 25.2 Å². The van der Waals surface area contributed by atoms with Crippen LogP contribution in [0.3, 0.4) is 0 Å². The highest BCUT2D eigenvalue weighted by Crippen LogP contribution is 2.37. The molecule has 9 heteroatoms. The number of aromatic nitrogens is 3. The molecule has 3 heterocycles. The second-order valence-electron chi connectivity index (χ2n) is 8.26. The Bertz CT molecular complexity index is 1300. The van der Waals surface area contributed by atoms with Gasteiger partial charge in [-0.05, 0) is 43.9 Å². The molecule has 33 heavy (non-hydrogen) atoms. The minimum absolute atomic E-state index is 0.000841. The Kier molecular flexibility index (Phi) is 5.16. The van der Waals surface area contributed by atoms with E-state index in [4.69, 9.17) is 14.9 Å². The molecule has 2 aliphatic carbocycles. The number of methoxy groups -OCH3 is 1. The van der Waals surface area contributed by atoms with Crippen LogP contribution >= 0.6 is 0 Å². The molecule has 1 amide bonds. The number of aromatic amines is 1. The smallest absolute Gasteiger partial charge is 0.340 e. The summed E-state index contributed by atoms with van der Waals surface area (Å²) in [5.74, 6) is 0.148. The van der Waals surface area contributed by atoms with Crippen molar-refractivity contribution in [1.82, 2.24) is 15.0 Å². The number of nitrogens with one attached hydrogen (secondary N) is 3. The van der Waals surface area contributed by atoms with Gasteiger partial charge in [-0.1, -0.05) is 6.58 Å². The van der Waals surface area contributed by atoms with E-state index >= 15 is 0 Å². The Morgan fingerprint density at radius 1 is 1.21 bits per heavy atom. The standard InChI is InChI=1S/C24H23N5O4/c1-3-18(25)13-8-16(23(27-10-13)33-14-6-7-14)19-9-15-17(24(31)32-2)11-26-21(20(15)28-19)29-22(30)12-4-5-12/h3,8-12,14,25,28H,1,4-7H2,2H3,(H,26,29,30). The van der Waals surface area contributed by atoms with E-state index in [2.05, 4.69) is 26.8 Å². The van der Waals surface area contributed by atoms with Crippen molar-refractivity contribution in [3.63, 3.8) is 0 Å². The minimum Gasteiger partial charge on any atom is -0.474 e. The Balaban J connectivity index is 1.65. The highest BCUT2D eigenvalue weighted by Gasteiger charge is 2.31. The third-order valence-corrected chi connectivity index (χ3v) is 5.72. The number of amides is 1. The van der Waals surface area contributed by atoms with Gasteiger partial charge in [-0.3, -0.25) is 4.79 Å². The van der Waals surface area contributed by atoms with E-state index in [1.807, 2.05) is 0 Å². The molecule has 0 bridgehead atoms. The minimum atomic E-state index is -0.534. The first-order chi connectivity index (χ1) is 16.0. The average Bonchev–Trinajstić information content (AvgIpc) is 3.76. The molecule has 0 unspecified atom stereocenters. The maximum absolute atomic E-state index is 12.4. The Labute approximate surface area is 189 Å². The SMILES string of the molecule is C=CC(=N)c1cnc(OC2CC2)c(-c2cc3c(C(=O)OC)cnc(NC(=O)C4CC4)c3[nH]2)c1. The number of fused-ring (bicyclic) bond motifs is 1. The van der Waals surface area contributed by atoms with Crippen LogP contribution in [0.2, 0.25) is 0 Å². The topological polar surface area (TPSA) is 130 Å². The molecule has 9 nitrogen and oxygen atoms in total. The van der Waals surface area contributed by atoms with Crippen molar-refractivity contribution in [3.05, 3.63) is 48.3 Å². The van der Waals surface area contributed by atoms with Crippen LogP contribution in [-0.2, 0) is 9.53 Å². The Morgan fingerprint density at radius 3 is 2.67 bits per heavy atom. The first kappa shape index (κ1) is 20.9. The molecule has 168 valence electrons. The third kappa shape index (κ3) is 4.09. The van der Waals surface area contributed by atoms with Gasteiger partial charge in [0, 0.05) is 29.3 Å². The molecule has 2 fully saturated rings. The van der Waals surface area contributed by atoms with E-state index in [9.17, 15) is 9.59 Å². The number of carbonyl (C=O) groups is 2. The number of ether oxygens (including phenoxy) is 2. The summed E-state index contributed by atoms with van der Waals surface area (Å²) < 4.78 is 10.9. The van der Waals surface area contributed by atoms with Crippen LogP contribution in [0.15, 0.2) is 37.2 Å². The number of H-pyrrole nitrogens is 1. The predicted octanol–water partition coefficient (Wildman–Crippen LogP) is 3.86. The van der Waals surface area contributed by atoms with Crippen molar-refractivity contribution in [2.45, 2.75) is 31.8 Å². The Hall–Kier alpha value is -4.01. The molecule has 3 N–H and O–H groups in total. The summed E-state index contributed by atoms with van der Waals surface area (Å²) in [4.78, 5) is 36.8. The van der Waals surface area contributed by atoms with E-state index in [1.54, 1.807) is 18.3 Å². The van der Waals surface area contributed by atoms with E-state index in [1.165, 1.54) is 19.4 Å². The quantitative estimate of drug-likeness (QED) is 0.357. The zero-order valence-corrected chi connectivity index (χ0v) is 18.1. The number of anilines is 1. The fraction of sp³-hybridized carbons (Fsp3) is 0.292. The van der Waals surface area contributed by atoms with Crippen LogP contribution in [0.4, 0.5) is 5.82 Å². The average molecular weight is 445 g/mol. The van der Waals surface area contributed by atoms with Crippen molar-refractivity contribution in [2.24, 2.45) is 5.92 Å². The van der Waals surface area contributed by atoms with Gasteiger partial charge in [0.1, 0.15) is 6.10 Å². The first-order valence-corrected chi connectivity index (χ1v) is 10.8. The van der Waals surface area contributed by atoms with Crippen molar-refractivity contribution in [3.8, 4) is 17.1 Å². The van der Waals surface area contributed by atoms with Gasteiger partial charge >= 0.3 is 5.97 Å². The van der Waals surface area contributed by atoms with Crippen molar-refractivity contribution in [2.75, 3.05) is 12.4 Å². The second-order valence-corrected chi connectivity index (χ2v) is 8.26. The van der Waals surface area contributed by atoms with Gasteiger partial charge in [-0.15, -0.1) is 0 Å². The number of carbonyl (C=O) groups excluding carboxylic acids is 2. The van der Waals surface area contributed by atoms with Crippen LogP contribution in [0, 0.1) is 11.3 Å². The van der Waals surface area contributed by atoms with Gasteiger partial charge in [-0.2, -0.15) is 0 Å². The monoisotopic (exact) mass is 445 g/mol. The predicted molar refractivity (Wildman–Crippen MR) is 123 cm³/mol. The number of esters is 1. The molecular weight excluding hydrogens is 422 g/mol. The molecule has 2 saturated carbocycles. The maximum Gasteiger partial charge on any atom is 0.340 e. The molecule has 2 aliphatic rings. The molecule has 3 aromatic rings. The van der Waals surface area contributed by atoms with Gasteiger partial charge in [-0.25, -0.2) is 14.8 Å². The summed E-state index contributed by atoms with van der Waals surface area (Å²) in [5.41, 5.74) is 2.84. The van der Waals surface area contributed by atoms with Crippen molar-refractivity contribution in [1.29, 1.82) is 5.41 Å². The first-order valence-electron chi connectivity index (χ1n) is 10.8. The highest BCUT2D eigenvalue weighted by molar-refractivity contribution is 6.10. The molecule has 0 atom stereocenters. The summed E-state index contributed by atoms with van der Waals surface area (Å²) >= 11 is 0. The second kappa shape index (κ2) is 8.16. The summed E-state index contributed by atoms with van der Waals surface area (Å²) in [6.45, 7) is 3.66. The lowest BCUT2D eigenvalue weighted by Gasteiger charge is -2.10. The fourth-order valence-electron chi connectivity index (χ4n) is 3.54. The van der Waals surface area contributed by atoms with E-state index in [0.717, 1.165) is 25.7 Å². The lowest BCUT2D eigenvalue weighted by atomic mass is 10.1. The lowest BCUT2D eigenvalue weighted by Crippen LogP contribution is -2.15. The lowest BCUT2D eigenvalue weighted by molar-refractivity contribution is -0.117. The zero-order valence-electron chi connectivity index (χ0n) is 18.1. The number of hydrogen-bond acceptors (Lipinski definition) is 7. The summed E-state index contributed by atoms with van der Waals surface area (Å²) in [7, 11) is 1.31. The largest absolute Gasteiger partial charge is 0.474 e. The van der Waals surface area contributed by atoms with Crippen LogP contribution in [0.1, 0.15) is 41.6 Å². The van der Waals surface area contributed by atoms with Crippen LogP contribution < -0.4 is 10.1 Å². The molecule has 0 saturated heterocycles. The number of rotatable bonds is 8. The van der Waals surface area contributed by atoms with Crippen molar-refractivity contribution >= 4 is 34.3 Å². The molecule has 0 spiro atoms. The van der Waals surface area contributed by atoms with E-state index < -0.39 is 5.97 Å². The van der Waals surface area contributed by atoms with Gasteiger partial charge in [0.25, 0.3) is 0 Å². The van der Waals surface area contributed by atoms with Gasteiger partial charge in [0.2, 0.25) is 11.8 Å². The van der Waals surface area contributed by atoms with Crippen LogP contribution in [0.5, 0.6) is 5.88 Å². The number of allylic oxidation sites excluding steroid dienone is 1. The van der Waals surface area contributed by atoms with E-state index in [-0.39, 0.29) is 29.2 Å². The van der Waals surface area contributed by atoms with Gasteiger partial charge in [0.15, 0.2) is 5.82 Å². The maximum atomic E-state index is 12.4. The normalized spacial score (nSPS) is 15.2. The zero-order chi connectivity index (χ0) is 23.1.